The standard InChI is InChI=1S/C15H23BrFN3/c1-10-4-3-5-11(2)20(10)19-15(9-18)12-6-7-13(16)14(17)8-12/h6-8,10-11,15,19H,3-5,9,18H2,1-2H3. The molecule has 1 aromatic carbocycles. The molecular weight excluding hydrogens is 321 g/mol. The van der Waals surface area contributed by atoms with Crippen molar-refractivity contribution in [3.8, 4) is 0 Å². The van der Waals surface area contributed by atoms with E-state index in [1.165, 1.54) is 19.3 Å². The van der Waals surface area contributed by atoms with Crippen molar-refractivity contribution >= 4 is 15.9 Å². The fourth-order valence-corrected chi connectivity index (χ4v) is 3.09. The van der Waals surface area contributed by atoms with Gasteiger partial charge in [0.2, 0.25) is 0 Å². The lowest BCUT2D eigenvalue weighted by Gasteiger charge is -2.41. The summed E-state index contributed by atoms with van der Waals surface area (Å²) < 4.78 is 14.2. The maximum absolute atomic E-state index is 13.7. The van der Waals surface area contributed by atoms with Crippen molar-refractivity contribution in [2.75, 3.05) is 6.54 Å². The van der Waals surface area contributed by atoms with Crippen LogP contribution in [0.5, 0.6) is 0 Å². The quantitative estimate of drug-likeness (QED) is 0.880. The molecule has 0 aliphatic carbocycles. The molecule has 20 heavy (non-hydrogen) atoms. The Bertz CT molecular complexity index is 445. The highest BCUT2D eigenvalue weighted by molar-refractivity contribution is 9.10. The van der Waals surface area contributed by atoms with E-state index in [1.807, 2.05) is 6.07 Å². The molecular formula is C15H23BrFN3. The molecule has 1 aliphatic heterocycles. The third-order valence-electron chi connectivity index (χ3n) is 4.08. The van der Waals surface area contributed by atoms with Gasteiger partial charge in [0.05, 0.1) is 10.5 Å². The normalized spacial score (nSPS) is 25.6. The average molecular weight is 344 g/mol. The minimum atomic E-state index is -0.248. The van der Waals surface area contributed by atoms with E-state index in [1.54, 1.807) is 12.1 Å². The number of hydrogen-bond donors (Lipinski definition) is 2. The fraction of sp³-hybridized carbons (Fsp3) is 0.600. The number of benzene rings is 1. The van der Waals surface area contributed by atoms with Crippen molar-refractivity contribution in [3.63, 3.8) is 0 Å². The summed E-state index contributed by atoms with van der Waals surface area (Å²) in [5, 5.41) is 2.28. The average Bonchev–Trinajstić information content (AvgIpc) is 2.42. The van der Waals surface area contributed by atoms with Gasteiger partial charge in [-0.1, -0.05) is 12.5 Å². The molecule has 0 amide bonds. The van der Waals surface area contributed by atoms with E-state index in [9.17, 15) is 4.39 Å². The Hall–Kier alpha value is -0.490. The van der Waals surface area contributed by atoms with Crippen LogP contribution in [0.15, 0.2) is 22.7 Å². The van der Waals surface area contributed by atoms with Gasteiger partial charge >= 0.3 is 0 Å². The maximum Gasteiger partial charge on any atom is 0.137 e. The highest BCUT2D eigenvalue weighted by Gasteiger charge is 2.27. The Morgan fingerprint density at radius 2 is 2.05 bits per heavy atom. The van der Waals surface area contributed by atoms with Gasteiger partial charge in [-0.3, -0.25) is 0 Å². The van der Waals surface area contributed by atoms with Crippen LogP contribution < -0.4 is 11.2 Å². The second-order valence-electron chi connectivity index (χ2n) is 5.63. The largest absolute Gasteiger partial charge is 0.329 e. The van der Waals surface area contributed by atoms with Crippen molar-refractivity contribution in [2.24, 2.45) is 5.73 Å². The summed E-state index contributed by atoms with van der Waals surface area (Å²) in [5.74, 6) is -0.248. The molecule has 0 saturated carbocycles. The molecule has 0 aromatic heterocycles. The summed E-state index contributed by atoms with van der Waals surface area (Å²) in [4.78, 5) is 0. The lowest BCUT2D eigenvalue weighted by Crippen LogP contribution is -2.54. The molecule has 1 aromatic rings. The fourth-order valence-electron chi connectivity index (χ4n) is 2.85. The van der Waals surface area contributed by atoms with Crippen molar-refractivity contribution in [1.82, 2.24) is 10.4 Å². The van der Waals surface area contributed by atoms with E-state index in [4.69, 9.17) is 5.73 Å². The van der Waals surface area contributed by atoms with Crippen LogP contribution in [0.4, 0.5) is 4.39 Å². The third kappa shape index (κ3) is 3.58. The lowest BCUT2D eigenvalue weighted by molar-refractivity contribution is 0.0304. The van der Waals surface area contributed by atoms with Crippen LogP contribution >= 0.6 is 15.9 Å². The third-order valence-corrected chi connectivity index (χ3v) is 4.72. The molecule has 1 saturated heterocycles. The first-order valence-electron chi connectivity index (χ1n) is 7.22. The highest BCUT2D eigenvalue weighted by atomic mass is 79.9. The van der Waals surface area contributed by atoms with Crippen LogP contribution in [0.25, 0.3) is 0 Å². The first kappa shape index (κ1) is 15.9. The Morgan fingerprint density at radius 3 is 2.60 bits per heavy atom. The number of nitrogens with one attached hydrogen (secondary N) is 1. The monoisotopic (exact) mass is 343 g/mol. The van der Waals surface area contributed by atoms with Crippen molar-refractivity contribution in [1.29, 1.82) is 0 Å². The molecule has 112 valence electrons. The van der Waals surface area contributed by atoms with Crippen LogP contribution in [-0.2, 0) is 0 Å². The highest BCUT2D eigenvalue weighted by Crippen LogP contribution is 2.24. The van der Waals surface area contributed by atoms with E-state index < -0.39 is 0 Å². The number of halogens is 2. The first-order valence-corrected chi connectivity index (χ1v) is 8.01. The first-order chi connectivity index (χ1) is 9.52. The Morgan fingerprint density at radius 1 is 1.40 bits per heavy atom. The van der Waals surface area contributed by atoms with E-state index in [0.29, 0.717) is 23.1 Å². The zero-order valence-electron chi connectivity index (χ0n) is 12.1. The SMILES string of the molecule is CC1CCCC(C)N1NC(CN)c1ccc(Br)c(F)c1. The van der Waals surface area contributed by atoms with Gasteiger partial charge in [-0.15, -0.1) is 0 Å². The van der Waals surface area contributed by atoms with Gasteiger partial charge < -0.3 is 5.73 Å². The maximum atomic E-state index is 13.7. The van der Waals surface area contributed by atoms with Gasteiger partial charge in [0.15, 0.2) is 0 Å². The summed E-state index contributed by atoms with van der Waals surface area (Å²) >= 11 is 3.18. The molecule has 1 aliphatic rings. The van der Waals surface area contributed by atoms with Gasteiger partial charge in [0.25, 0.3) is 0 Å². The smallest absolute Gasteiger partial charge is 0.137 e. The number of rotatable bonds is 4. The molecule has 3 unspecified atom stereocenters. The lowest BCUT2D eigenvalue weighted by atomic mass is 9.99. The molecule has 1 heterocycles. The summed E-state index contributed by atoms with van der Waals surface area (Å²) in [7, 11) is 0. The van der Waals surface area contributed by atoms with Gasteiger partial charge in [-0.25, -0.2) is 14.8 Å². The molecule has 0 spiro atoms. The van der Waals surface area contributed by atoms with Gasteiger partial charge in [-0.2, -0.15) is 0 Å². The number of nitrogens with zero attached hydrogens (tertiary/aromatic N) is 1. The van der Waals surface area contributed by atoms with E-state index in [2.05, 4.69) is 40.2 Å². The van der Waals surface area contributed by atoms with Crippen LogP contribution in [0.1, 0.15) is 44.7 Å². The van der Waals surface area contributed by atoms with Crippen molar-refractivity contribution in [3.05, 3.63) is 34.1 Å². The Kier molecular flexibility index (Phi) is 5.55. The van der Waals surface area contributed by atoms with E-state index in [-0.39, 0.29) is 11.9 Å². The zero-order chi connectivity index (χ0) is 14.7. The number of hydrogen-bond acceptors (Lipinski definition) is 3. The van der Waals surface area contributed by atoms with Crippen LogP contribution in [-0.4, -0.2) is 23.6 Å². The number of nitrogens with two attached hydrogens (primary N) is 1. The minimum Gasteiger partial charge on any atom is -0.329 e. The van der Waals surface area contributed by atoms with Gasteiger partial charge in [0, 0.05) is 18.6 Å². The molecule has 3 atom stereocenters. The van der Waals surface area contributed by atoms with Crippen LogP contribution in [0.3, 0.4) is 0 Å². The summed E-state index contributed by atoms with van der Waals surface area (Å²) in [5.41, 5.74) is 10.3. The Balaban J connectivity index is 2.13. The molecule has 0 bridgehead atoms. The summed E-state index contributed by atoms with van der Waals surface area (Å²) in [6.45, 7) is 4.88. The zero-order valence-corrected chi connectivity index (χ0v) is 13.7. The van der Waals surface area contributed by atoms with Gasteiger partial charge in [-0.05, 0) is 60.3 Å². The van der Waals surface area contributed by atoms with E-state index in [0.717, 1.165) is 5.56 Å². The van der Waals surface area contributed by atoms with E-state index >= 15 is 0 Å². The number of piperidine rings is 1. The second-order valence-corrected chi connectivity index (χ2v) is 6.48. The molecule has 2 rings (SSSR count). The molecule has 0 radical (unpaired) electrons. The Labute approximate surface area is 128 Å². The topological polar surface area (TPSA) is 41.3 Å². The predicted molar refractivity (Wildman–Crippen MR) is 83.6 cm³/mol. The van der Waals surface area contributed by atoms with Crippen LogP contribution in [0.2, 0.25) is 0 Å². The van der Waals surface area contributed by atoms with Crippen molar-refractivity contribution in [2.45, 2.75) is 51.2 Å². The van der Waals surface area contributed by atoms with Crippen LogP contribution in [0, 0.1) is 5.82 Å². The predicted octanol–water partition coefficient (Wildman–Crippen LogP) is 3.36. The van der Waals surface area contributed by atoms with Crippen molar-refractivity contribution < 1.29 is 4.39 Å². The summed E-state index contributed by atoms with van der Waals surface area (Å²) in [6, 6.07) is 6.10. The molecule has 3 nitrogen and oxygen atoms in total. The molecule has 5 heteroatoms. The summed E-state index contributed by atoms with van der Waals surface area (Å²) in [6.07, 6.45) is 3.63. The van der Waals surface area contributed by atoms with Gasteiger partial charge in [0.1, 0.15) is 5.82 Å². The molecule has 1 fully saturated rings. The second kappa shape index (κ2) is 6.98. The molecule has 3 N–H and O–H groups in total. The number of hydrazine groups is 1. The minimum absolute atomic E-state index is 0.0550.